The van der Waals surface area contributed by atoms with E-state index in [2.05, 4.69) is 5.32 Å². The molecule has 2 amide bonds. The van der Waals surface area contributed by atoms with Crippen molar-refractivity contribution < 1.29 is 14.0 Å². The molecule has 5 nitrogen and oxygen atoms in total. The van der Waals surface area contributed by atoms with E-state index in [0.29, 0.717) is 37.6 Å². The number of hydrogen-bond donors (Lipinski definition) is 1. The van der Waals surface area contributed by atoms with Gasteiger partial charge < -0.3 is 15.1 Å². The van der Waals surface area contributed by atoms with Gasteiger partial charge >= 0.3 is 0 Å². The van der Waals surface area contributed by atoms with Crippen LogP contribution in [-0.2, 0) is 9.59 Å². The summed E-state index contributed by atoms with van der Waals surface area (Å²) in [7, 11) is 0. The molecule has 1 saturated heterocycles. The van der Waals surface area contributed by atoms with Crippen LogP contribution in [0.15, 0.2) is 48.5 Å². The summed E-state index contributed by atoms with van der Waals surface area (Å²) in [6.45, 7) is 7.20. The van der Waals surface area contributed by atoms with Gasteiger partial charge in [0.1, 0.15) is 11.2 Å². The summed E-state index contributed by atoms with van der Waals surface area (Å²) in [6.07, 6.45) is 0. The molecule has 0 radical (unpaired) electrons. The highest BCUT2D eigenvalue weighted by molar-refractivity contribution is 6.09. The van der Waals surface area contributed by atoms with Crippen molar-refractivity contribution in [1.82, 2.24) is 4.90 Å². The van der Waals surface area contributed by atoms with Crippen LogP contribution in [0.5, 0.6) is 0 Å². The minimum Gasteiger partial charge on any atom is -0.366 e. The van der Waals surface area contributed by atoms with Crippen molar-refractivity contribution in [2.75, 3.05) is 36.4 Å². The van der Waals surface area contributed by atoms with Crippen molar-refractivity contribution >= 4 is 23.2 Å². The molecule has 1 heterocycles. The number of nitrogens with one attached hydrogen (secondary N) is 1. The third kappa shape index (κ3) is 4.16. The lowest BCUT2D eigenvalue weighted by atomic mass is 9.89. The molecule has 0 aromatic heterocycles. The number of nitrogens with zero attached hydrogens (tertiary/aromatic N) is 2. The van der Waals surface area contributed by atoms with E-state index >= 15 is 0 Å². The lowest BCUT2D eigenvalue weighted by Gasteiger charge is -2.39. The van der Waals surface area contributed by atoms with Crippen LogP contribution in [0, 0.1) is 18.2 Å². The Bertz CT molecular complexity index is 874. The molecule has 1 aliphatic rings. The van der Waals surface area contributed by atoms with E-state index in [0.717, 1.165) is 5.56 Å². The Morgan fingerprint density at radius 3 is 2.32 bits per heavy atom. The van der Waals surface area contributed by atoms with Gasteiger partial charge in [-0.1, -0.05) is 24.3 Å². The normalized spacial score (nSPS) is 14.7. The maximum atomic E-state index is 14.0. The minimum atomic E-state index is -1.19. The Labute approximate surface area is 165 Å². The quantitative estimate of drug-likeness (QED) is 0.823. The second-order valence-electron chi connectivity index (χ2n) is 7.68. The molecule has 1 aliphatic heterocycles. The van der Waals surface area contributed by atoms with Crippen LogP contribution >= 0.6 is 0 Å². The van der Waals surface area contributed by atoms with E-state index in [1.165, 1.54) is 6.07 Å². The van der Waals surface area contributed by atoms with Gasteiger partial charge in [0.25, 0.3) is 0 Å². The number of piperazine rings is 1. The Hall–Kier alpha value is -2.89. The Morgan fingerprint density at radius 2 is 1.68 bits per heavy atom. The van der Waals surface area contributed by atoms with Crippen LogP contribution in [0.2, 0.25) is 0 Å². The number of aryl methyl sites for hydroxylation is 1. The lowest BCUT2D eigenvalue weighted by Crippen LogP contribution is -2.54. The van der Waals surface area contributed by atoms with E-state index in [9.17, 15) is 14.0 Å². The largest absolute Gasteiger partial charge is 0.366 e. The maximum absolute atomic E-state index is 14.0. The summed E-state index contributed by atoms with van der Waals surface area (Å²) in [5, 5.41) is 2.84. The molecule has 1 N–H and O–H groups in total. The van der Waals surface area contributed by atoms with Crippen LogP contribution in [0.3, 0.4) is 0 Å². The van der Waals surface area contributed by atoms with Crippen LogP contribution in [0.4, 0.5) is 15.8 Å². The van der Waals surface area contributed by atoms with Gasteiger partial charge in [-0.2, -0.15) is 0 Å². The molecular weight excluding hydrogens is 357 g/mol. The van der Waals surface area contributed by atoms with Gasteiger partial charge in [-0.25, -0.2) is 4.39 Å². The van der Waals surface area contributed by atoms with E-state index in [1.54, 1.807) is 43.0 Å². The average molecular weight is 383 g/mol. The van der Waals surface area contributed by atoms with Crippen molar-refractivity contribution in [3.63, 3.8) is 0 Å². The highest BCUT2D eigenvalue weighted by Crippen LogP contribution is 2.25. The van der Waals surface area contributed by atoms with E-state index in [-0.39, 0.29) is 17.6 Å². The van der Waals surface area contributed by atoms with Crippen molar-refractivity contribution in [3.05, 3.63) is 59.9 Å². The second-order valence-corrected chi connectivity index (χ2v) is 7.68. The Kier molecular flexibility index (Phi) is 5.68. The predicted octanol–water partition coefficient (Wildman–Crippen LogP) is 3.45. The Morgan fingerprint density at radius 1 is 1.00 bits per heavy atom. The first kappa shape index (κ1) is 19.9. The molecule has 0 saturated carbocycles. The fraction of sp³-hybridized carbons (Fsp3) is 0.364. The molecular formula is C22H26FN3O2. The minimum absolute atomic E-state index is 0.217. The van der Waals surface area contributed by atoms with Crippen LogP contribution in [-0.4, -0.2) is 42.9 Å². The van der Waals surface area contributed by atoms with Gasteiger partial charge in [0.2, 0.25) is 11.8 Å². The molecule has 148 valence electrons. The smallest absolute Gasteiger partial charge is 0.239 e. The number of benzene rings is 2. The number of amides is 2. The average Bonchev–Trinajstić information content (AvgIpc) is 2.68. The molecule has 0 unspecified atom stereocenters. The third-order valence-corrected chi connectivity index (χ3v) is 5.14. The third-order valence-electron chi connectivity index (χ3n) is 5.14. The van der Waals surface area contributed by atoms with Gasteiger partial charge in [0.05, 0.1) is 5.69 Å². The number of halogens is 1. The summed E-state index contributed by atoms with van der Waals surface area (Å²) in [4.78, 5) is 29.4. The van der Waals surface area contributed by atoms with Gasteiger partial charge in [-0.05, 0) is 50.6 Å². The SMILES string of the molecule is Cc1cccc(NC(=O)C(C)(C)C(=O)N2CCN(c3ccccc3F)CC2)c1. The first-order chi connectivity index (χ1) is 13.3. The molecule has 1 fully saturated rings. The number of para-hydroxylation sites is 1. The molecule has 28 heavy (non-hydrogen) atoms. The number of carbonyl (C=O) groups is 2. The van der Waals surface area contributed by atoms with Crippen LogP contribution < -0.4 is 10.2 Å². The zero-order valence-electron chi connectivity index (χ0n) is 16.5. The van der Waals surface area contributed by atoms with Crippen molar-refractivity contribution in [3.8, 4) is 0 Å². The van der Waals surface area contributed by atoms with E-state index in [1.807, 2.05) is 30.0 Å². The maximum Gasteiger partial charge on any atom is 0.239 e. The number of rotatable bonds is 4. The first-order valence-corrected chi connectivity index (χ1v) is 9.46. The van der Waals surface area contributed by atoms with Gasteiger partial charge in [0.15, 0.2) is 0 Å². The molecule has 3 rings (SSSR count). The standard InChI is InChI=1S/C22H26FN3O2/c1-16-7-6-8-17(15-16)24-20(27)22(2,3)21(28)26-13-11-25(12-14-26)19-10-5-4-9-18(19)23/h4-10,15H,11-14H2,1-3H3,(H,24,27). The number of hydrogen-bond acceptors (Lipinski definition) is 3. The topological polar surface area (TPSA) is 52.7 Å². The van der Waals surface area contributed by atoms with Crippen molar-refractivity contribution in [2.24, 2.45) is 5.41 Å². The molecule has 2 aromatic rings. The fourth-order valence-corrected chi connectivity index (χ4v) is 3.36. The number of carbonyl (C=O) groups excluding carboxylic acids is 2. The van der Waals surface area contributed by atoms with Crippen LogP contribution in [0.25, 0.3) is 0 Å². The summed E-state index contributed by atoms with van der Waals surface area (Å²) in [6, 6.07) is 14.1. The highest BCUT2D eigenvalue weighted by Gasteiger charge is 2.40. The highest BCUT2D eigenvalue weighted by atomic mass is 19.1. The molecule has 6 heteroatoms. The Balaban J connectivity index is 1.63. The summed E-state index contributed by atoms with van der Waals surface area (Å²) in [5.74, 6) is -0.814. The van der Waals surface area contributed by atoms with Gasteiger partial charge in [-0.15, -0.1) is 0 Å². The second kappa shape index (κ2) is 8.00. The van der Waals surface area contributed by atoms with Gasteiger partial charge in [0, 0.05) is 31.9 Å². The monoisotopic (exact) mass is 383 g/mol. The molecule has 0 bridgehead atoms. The van der Waals surface area contributed by atoms with Crippen molar-refractivity contribution in [2.45, 2.75) is 20.8 Å². The first-order valence-electron chi connectivity index (χ1n) is 9.46. The van der Waals surface area contributed by atoms with E-state index in [4.69, 9.17) is 0 Å². The summed E-state index contributed by atoms with van der Waals surface area (Å²) < 4.78 is 14.0. The van der Waals surface area contributed by atoms with Gasteiger partial charge in [-0.3, -0.25) is 9.59 Å². The van der Waals surface area contributed by atoms with Crippen LogP contribution in [0.1, 0.15) is 19.4 Å². The van der Waals surface area contributed by atoms with Crippen molar-refractivity contribution in [1.29, 1.82) is 0 Å². The van der Waals surface area contributed by atoms with E-state index < -0.39 is 5.41 Å². The molecule has 0 atom stereocenters. The summed E-state index contributed by atoms with van der Waals surface area (Å²) in [5.41, 5.74) is 1.07. The molecule has 0 spiro atoms. The lowest BCUT2D eigenvalue weighted by molar-refractivity contribution is -0.146. The zero-order chi connectivity index (χ0) is 20.3. The number of anilines is 2. The fourth-order valence-electron chi connectivity index (χ4n) is 3.36. The summed E-state index contributed by atoms with van der Waals surface area (Å²) >= 11 is 0. The molecule has 0 aliphatic carbocycles. The molecule has 2 aromatic carbocycles. The predicted molar refractivity (Wildman–Crippen MR) is 109 cm³/mol. The zero-order valence-corrected chi connectivity index (χ0v) is 16.5.